The van der Waals surface area contributed by atoms with Gasteiger partial charge >= 0.3 is 17.9 Å². The average molecular weight is 547 g/mol. The van der Waals surface area contributed by atoms with Crippen LogP contribution in [-0.2, 0) is 20.7 Å². The summed E-state index contributed by atoms with van der Waals surface area (Å²) in [6, 6.07) is 19.9. The Bertz CT molecular complexity index is 1280. The summed E-state index contributed by atoms with van der Waals surface area (Å²) in [7, 11) is 0. The van der Waals surface area contributed by atoms with Gasteiger partial charge in [-0.3, -0.25) is 4.79 Å². The molecule has 0 amide bonds. The number of hydrogen-bond acceptors (Lipinski definition) is 7. The van der Waals surface area contributed by atoms with Crippen LogP contribution in [0.4, 0.5) is 0 Å². The minimum absolute atomic E-state index is 0.142. The van der Waals surface area contributed by atoms with Crippen molar-refractivity contribution in [2.24, 2.45) is 0 Å². The molecule has 0 aliphatic rings. The number of benzene rings is 3. The monoisotopic (exact) mass is 546 g/mol. The summed E-state index contributed by atoms with van der Waals surface area (Å²) in [6.45, 7) is 6.28. The molecule has 0 spiro atoms. The number of ether oxygens (including phenoxy) is 4. The first-order valence-corrected chi connectivity index (χ1v) is 13.2. The van der Waals surface area contributed by atoms with Crippen molar-refractivity contribution in [1.82, 2.24) is 0 Å². The van der Waals surface area contributed by atoms with Crippen molar-refractivity contribution in [3.05, 3.63) is 90.5 Å². The Balaban J connectivity index is 1.51. The Morgan fingerprint density at radius 2 is 1.50 bits per heavy atom. The quantitative estimate of drug-likeness (QED) is 0.0970. The zero-order valence-electron chi connectivity index (χ0n) is 22.6. The van der Waals surface area contributed by atoms with Gasteiger partial charge in [-0.1, -0.05) is 31.7 Å². The van der Waals surface area contributed by atoms with Gasteiger partial charge in [0.05, 0.1) is 12.2 Å². The molecule has 0 fully saturated rings. The van der Waals surface area contributed by atoms with Gasteiger partial charge in [0.2, 0.25) is 0 Å². The molecule has 3 aromatic rings. The van der Waals surface area contributed by atoms with Crippen molar-refractivity contribution >= 4 is 17.9 Å². The van der Waals surface area contributed by atoms with Gasteiger partial charge in [-0.15, -0.1) is 0 Å². The van der Waals surface area contributed by atoms with Crippen LogP contribution < -0.4 is 14.2 Å². The van der Waals surface area contributed by atoms with Gasteiger partial charge in [-0.05, 0) is 90.9 Å². The number of esters is 2. The summed E-state index contributed by atoms with van der Waals surface area (Å²) in [4.78, 5) is 34.3. The lowest BCUT2D eigenvalue weighted by molar-refractivity contribution is -0.138. The van der Waals surface area contributed by atoms with Crippen molar-refractivity contribution in [3.63, 3.8) is 0 Å². The van der Waals surface area contributed by atoms with Crippen LogP contribution in [-0.4, -0.2) is 42.8 Å². The SMILES string of the molecule is C=CC(=O)OCCOc1ccc(-c2ccc(C(=O)Oc3ccc(OCCCCCC(=O)O)cc3)cc2)cc1CC. The number of rotatable bonds is 16. The second kappa shape index (κ2) is 15.7. The maximum atomic E-state index is 12.7. The van der Waals surface area contributed by atoms with Crippen molar-refractivity contribution in [2.75, 3.05) is 19.8 Å². The molecular weight excluding hydrogens is 512 g/mol. The van der Waals surface area contributed by atoms with Crippen molar-refractivity contribution in [1.29, 1.82) is 0 Å². The van der Waals surface area contributed by atoms with Gasteiger partial charge in [-0.2, -0.15) is 0 Å². The molecule has 0 aliphatic carbocycles. The predicted octanol–water partition coefficient (Wildman–Crippen LogP) is 6.27. The zero-order chi connectivity index (χ0) is 28.7. The molecule has 0 saturated heterocycles. The van der Waals surface area contributed by atoms with Crippen LogP contribution in [0.2, 0.25) is 0 Å². The standard InChI is InChI=1S/C32H34O8/c1-3-23-22-26(13-18-29(23)38-20-21-39-31(35)4-2)24-9-11-25(12-10-24)32(36)40-28-16-14-27(15-17-28)37-19-7-5-6-8-30(33)34/h4,9-18,22H,2-3,5-8,19-21H2,1H3,(H,33,34). The number of carbonyl (C=O) groups excluding carboxylic acids is 2. The summed E-state index contributed by atoms with van der Waals surface area (Å²) in [5.41, 5.74) is 3.37. The normalized spacial score (nSPS) is 10.4. The summed E-state index contributed by atoms with van der Waals surface area (Å²) < 4.78 is 21.9. The van der Waals surface area contributed by atoms with Crippen molar-refractivity contribution in [3.8, 4) is 28.4 Å². The van der Waals surface area contributed by atoms with E-state index in [2.05, 4.69) is 6.58 Å². The third kappa shape index (κ3) is 9.62. The topological polar surface area (TPSA) is 108 Å². The number of carboxylic acid groups (broad SMARTS) is 1. The Hall–Kier alpha value is -4.59. The Labute approximate surface area is 234 Å². The first-order valence-electron chi connectivity index (χ1n) is 13.2. The molecule has 8 heteroatoms. The first kappa shape index (κ1) is 30.0. The molecule has 0 saturated carbocycles. The smallest absolute Gasteiger partial charge is 0.343 e. The van der Waals surface area contributed by atoms with E-state index >= 15 is 0 Å². The van der Waals surface area contributed by atoms with E-state index in [-0.39, 0.29) is 19.6 Å². The molecule has 3 aromatic carbocycles. The molecule has 40 heavy (non-hydrogen) atoms. The number of carboxylic acids is 1. The highest BCUT2D eigenvalue weighted by Gasteiger charge is 2.11. The largest absolute Gasteiger partial charge is 0.494 e. The molecule has 0 atom stereocenters. The highest BCUT2D eigenvalue weighted by molar-refractivity contribution is 5.91. The Morgan fingerprint density at radius 1 is 0.800 bits per heavy atom. The van der Waals surface area contributed by atoms with Crippen LogP contribution in [0.3, 0.4) is 0 Å². The van der Waals surface area contributed by atoms with E-state index < -0.39 is 17.9 Å². The fraction of sp³-hybridized carbons (Fsp3) is 0.281. The number of unbranched alkanes of at least 4 members (excludes halogenated alkanes) is 2. The minimum Gasteiger partial charge on any atom is -0.494 e. The lowest BCUT2D eigenvalue weighted by Gasteiger charge is -2.13. The van der Waals surface area contributed by atoms with E-state index in [1.807, 2.05) is 37.3 Å². The molecular formula is C32H34O8. The fourth-order valence-corrected chi connectivity index (χ4v) is 3.84. The van der Waals surface area contributed by atoms with Gasteiger partial charge < -0.3 is 24.1 Å². The van der Waals surface area contributed by atoms with Gasteiger partial charge in [0, 0.05) is 12.5 Å². The molecule has 0 radical (unpaired) electrons. The summed E-state index contributed by atoms with van der Waals surface area (Å²) in [5, 5.41) is 8.66. The zero-order valence-corrected chi connectivity index (χ0v) is 22.6. The van der Waals surface area contributed by atoms with Crippen LogP contribution >= 0.6 is 0 Å². The lowest BCUT2D eigenvalue weighted by Crippen LogP contribution is -2.10. The highest BCUT2D eigenvalue weighted by Crippen LogP contribution is 2.28. The minimum atomic E-state index is -0.785. The molecule has 0 heterocycles. The summed E-state index contributed by atoms with van der Waals surface area (Å²) in [6.07, 6.45) is 4.24. The fourth-order valence-electron chi connectivity index (χ4n) is 3.84. The molecule has 0 aromatic heterocycles. The Morgan fingerprint density at radius 3 is 2.17 bits per heavy atom. The van der Waals surface area contributed by atoms with Gasteiger partial charge in [0.15, 0.2) is 0 Å². The van der Waals surface area contributed by atoms with E-state index in [0.29, 0.717) is 30.1 Å². The molecule has 0 bridgehead atoms. The second-order valence-electron chi connectivity index (χ2n) is 8.89. The van der Waals surface area contributed by atoms with E-state index in [1.165, 1.54) is 0 Å². The average Bonchev–Trinajstić information content (AvgIpc) is 2.97. The molecule has 0 aliphatic heterocycles. The van der Waals surface area contributed by atoms with Crippen LogP contribution in [0.15, 0.2) is 79.4 Å². The predicted molar refractivity (Wildman–Crippen MR) is 151 cm³/mol. The Kier molecular flexibility index (Phi) is 11.8. The van der Waals surface area contributed by atoms with Gasteiger partial charge in [0.1, 0.15) is 30.5 Å². The van der Waals surface area contributed by atoms with Gasteiger partial charge in [-0.25, -0.2) is 9.59 Å². The summed E-state index contributed by atoms with van der Waals surface area (Å²) in [5.74, 6) is 0.0608. The maximum Gasteiger partial charge on any atom is 0.343 e. The molecule has 210 valence electrons. The highest BCUT2D eigenvalue weighted by atomic mass is 16.6. The maximum absolute atomic E-state index is 12.7. The molecule has 3 rings (SSSR count). The first-order chi connectivity index (χ1) is 19.4. The van der Waals surface area contributed by atoms with Gasteiger partial charge in [0.25, 0.3) is 0 Å². The molecule has 0 unspecified atom stereocenters. The van der Waals surface area contributed by atoms with E-state index in [1.54, 1.807) is 36.4 Å². The molecule has 1 N–H and O–H groups in total. The number of hydrogen-bond donors (Lipinski definition) is 1. The van der Waals surface area contributed by atoms with Crippen LogP contribution in [0.1, 0.15) is 48.5 Å². The van der Waals surface area contributed by atoms with Crippen LogP contribution in [0.5, 0.6) is 17.2 Å². The third-order valence-electron chi connectivity index (χ3n) is 5.99. The second-order valence-corrected chi connectivity index (χ2v) is 8.89. The van der Waals surface area contributed by atoms with E-state index in [0.717, 1.165) is 47.8 Å². The van der Waals surface area contributed by atoms with E-state index in [9.17, 15) is 14.4 Å². The lowest BCUT2D eigenvalue weighted by atomic mass is 10.00. The van der Waals surface area contributed by atoms with Crippen LogP contribution in [0.25, 0.3) is 11.1 Å². The number of aliphatic carboxylic acids is 1. The van der Waals surface area contributed by atoms with Crippen LogP contribution in [0, 0.1) is 0 Å². The summed E-state index contributed by atoms with van der Waals surface area (Å²) >= 11 is 0. The number of carbonyl (C=O) groups is 3. The van der Waals surface area contributed by atoms with Crippen molar-refractivity contribution < 1.29 is 38.4 Å². The number of aryl methyl sites for hydroxylation is 1. The van der Waals surface area contributed by atoms with Crippen molar-refractivity contribution in [2.45, 2.75) is 39.0 Å². The van der Waals surface area contributed by atoms with E-state index in [4.69, 9.17) is 24.1 Å². The third-order valence-corrected chi connectivity index (χ3v) is 5.99. The molecule has 8 nitrogen and oxygen atoms in total.